The number of hydrogen-bond donors (Lipinski definition) is 0. The van der Waals surface area contributed by atoms with Gasteiger partial charge in [0, 0.05) is 32.3 Å². The first-order valence-electron chi connectivity index (χ1n) is 28.7. The molecule has 6 nitrogen and oxygen atoms in total. The van der Waals surface area contributed by atoms with E-state index in [9.17, 15) is 0 Å². The maximum Gasteiger partial charge on any atom is 0.120 e. The van der Waals surface area contributed by atoms with Crippen molar-refractivity contribution in [3.63, 3.8) is 0 Å². The lowest BCUT2D eigenvalue weighted by molar-refractivity contribution is 0.304. The van der Waals surface area contributed by atoms with Crippen LogP contribution in [-0.4, -0.2) is 34.8 Å². The second-order valence-electron chi connectivity index (χ2n) is 20.6. The van der Waals surface area contributed by atoms with Gasteiger partial charge < -0.3 is 14.2 Å². The first-order valence-corrected chi connectivity index (χ1v) is 29.9. The van der Waals surface area contributed by atoms with E-state index in [4.69, 9.17) is 64.0 Å². The van der Waals surface area contributed by atoms with Gasteiger partial charge in [-0.25, -0.2) is 15.0 Å². The van der Waals surface area contributed by atoms with Crippen LogP contribution in [0.5, 0.6) is 17.2 Å². The Labute approximate surface area is 447 Å². The molecule has 0 aliphatic carbocycles. The Kier molecular flexibility index (Phi) is 23.7. The average molecular weight is 1040 g/mol. The summed E-state index contributed by atoms with van der Waals surface area (Å²) < 4.78 is 19.0. The van der Waals surface area contributed by atoms with Gasteiger partial charge in [-0.05, 0) is 73.9 Å². The van der Waals surface area contributed by atoms with E-state index in [1.807, 2.05) is 54.6 Å². The van der Waals surface area contributed by atoms with Crippen molar-refractivity contribution in [3.05, 3.63) is 69.7 Å². The van der Waals surface area contributed by atoms with Crippen LogP contribution < -0.4 is 14.2 Å². The summed E-state index contributed by atoms with van der Waals surface area (Å²) in [4.78, 5) is 16.0. The Morgan fingerprint density at radius 2 is 0.528 bits per heavy atom. The highest BCUT2D eigenvalue weighted by molar-refractivity contribution is 6.51. The van der Waals surface area contributed by atoms with Crippen molar-refractivity contribution >= 4 is 100 Å². The van der Waals surface area contributed by atoms with Gasteiger partial charge >= 0.3 is 0 Å². The molecule has 0 atom stereocenters. The molecule has 0 amide bonds. The molecule has 7 rings (SSSR count). The number of halogens is 3. The average Bonchev–Trinajstić information content (AvgIpc) is 3.39. The third-order valence-electron chi connectivity index (χ3n) is 14.7. The molecular weight excluding hydrogens is 953 g/mol. The number of fused-ring (bicyclic) bond motifs is 9. The summed E-state index contributed by atoms with van der Waals surface area (Å²) in [5, 5.41) is 5.96. The van der Waals surface area contributed by atoms with Crippen molar-refractivity contribution in [1.29, 1.82) is 0 Å². The Balaban J connectivity index is 1.14. The van der Waals surface area contributed by atoms with Crippen molar-refractivity contribution in [2.45, 2.75) is 213 Å². The minimum Gasteiger partial charge on any atom is -0.494 e. The molecule has 0 saturated carbocycles. The largest absolute Gasteiger partial charge is 0.494 e. The molecule has 0 aliphatic heterocycles. The van der Waals surface area contributed by atoms with Gasteiger partial charge in [-0.1, -0.05) is 229 Å². The molecule has 0 aliphatic rings. The summed E-state index contributed by atoms with van der Waals surface area (Å²) in [7, 11) is 0. The molecule has 9 heteroatoms. The number of pyridine rings is 3. The number of ether oxygens (including phenoxy) is 3. The molecule has 0 saturated heterocycles. The molecule has 390 valence electrons. The fraction of sp³-hybridized carbons (Fsp3) is 0.571. The zero-order valence-electron chi connectivity index (χ0n) is 44.2. The lowest BCUT2D eigenvalue weighted by Gasteiger charge is -2.17. The fourth-order valence-electron chi connectivity index (χ4n) is 10.4. The molecule has 0 bridgehead atoms. The number of nitrogens with zero attached hydrogens (tertiary/aromatic N) is 3. The maximum atomic E-state index is 7.61. The van der Waals surface area contributed by atoms with Crippen LogP contribution in [-0.2, 0) is 0 Å². The molecule has 0 radical (unpaired) electrons. The van der Waals surface area contributed by atoms with Crippen LogP contribution >= 0.6 is 34.8 Å². The normalized spacial score (nSPS) is 11.9. The van der Waals surface area contributed by atoms with Crippen molar-refractivity contribution in [3.8, 4) is 17.2 Å². The van der Waals surface area contributed by atoms with Crippen LogP contribution in [0.3, 0.4) is 0 Å². The fourth-order valence-corrected chi connectivity index (χ4v) is 11.4. The number of rotatable bonds is 36. The Bertz CT molecular complexity index is 2450. The highest BCUT2D eigenvalue weighted by Crippen LogP contribution is 2.47. The Morgan fingerprint density at radius 1 is 0.306 bits per heavy atom. The van der Waals surface area contributed by atoms with Gasteiger partial charge in [-0.3, -0.25) is 0 Å². The van der Waals surface area contributed by atoms with Crippen LogP contribution in [0.2, 0.25) is 15.1 Å². The van der Waals surface area contributed by atoms with E-state index in [1.54, 1.807) is 0 Å². The van der Waals surface area contributed by atoms with Crippen LogP contribution in [0.4, 0.5) is 0 Å². The van der Waals surface area contributed by atoms with Gasteiger partial charge in [0.05, 0.1) is 68.0 Å². The summed E-state index contributed by atoms with van der Waals surface area (Å²) >= 11 is 22.8. The second-order valence-corrected chi connectivity index (χ2v) is 21.7. The van der Waals surface area contributed by atoms with Crippen LogP contribution in [0.1, 0.15) is 213 Å². The predicted molar refractivity (Wildman–Crippen MR) is 312 cm³/mol. The monoisotopic (exact) mass is 1040 g/mol. The predicted octanol–water partition coefficient (Wildman–Crippen LogP) is 21.7. The summed E-state index contributed by atoms with van der Waals surface area (Å²) in [6, 6.07) is 18.0. The molecular formula is C63H84Cl3N3O3. The minimum absolute atomic E-state index is 0.524. The molecule has 72 heavy (non-hydrogen) atoms. The molecule has 0 fully saturated rings. The first kappa shape index (κ1) is 55.9. The van der Waals surface area contributed by atoms with Gasteiger partial charge in [0.25, 0.3) is 0 Å². The zero-order valence-corrected chi connectivity index (χ0v) is 46.5. The SMILES string of the molecule is CCCCCCCCCCCCOc1ccc2nc3c4c(Cl)c5cc(OCCCCCCCCCCCC)ccc5nc4c4c(Cl)c5cc(OCCCCCCCCCCCC)ccc5nc4c3c(Cl)c2c1. The summed E-state index contributed by atoms with van der Waals surface area (Å²) in [5.41, 5.74) is 4.10. The van der Waals surface area contributed by atoms with Gasteiger partial charge in [0.15, 0.2) is 0 Å². The lowest BCUT2D eigenvalue weighted by Crippen LogP contribution is -2.00. The number of hydrogen-bond acceptors (Lipinski definition) is 6. The first-order chi connectivity index (χ1) is 35.4. The quantitative estimate of drug-likeness (QED) is 0.0222. The molecule has 0 spiro atoms. The van der Waals surface area contributed by atoms with Crippen molar-refractivity contribution in [2.75, 3.05) is 19.8 Å². The molecule has 7 aromatic rings. The van der Waals surface area contributed by atoms with Gasteiger partial charge in [-0.15, -0.1) is 0 Å². The van der Waals surface area contributed by atoms with Crippen LogP contribution in [0.15, 0.2) is 54.6 Å². The smallest absolute Gasteiger partial charge is 0.120 e. The summed E-state index contributed by atoms with van der Waals surface area (Å²) in [6.45, 7) is 8.78. The summed E-state index contributed by atoms with van der Waals surface area (Å²) in [6.07, 6.45) is 38.4. The third kappa shape index (κ3) is 15.6. The van der Waals surface area contributed by atoms with Crippen LogP contribution in [0.25, 0.3) is 65.4 Å². The van der Waals surface area contributed by atoms with E-state index in [2.05, 4.69) is 20.8 Å². The third-order valence-corrected chi connectivity index (χ3v) is 15.9. The molecule has 4 aromatic carbocycles. The Morgan fingerprint density at radius 3 is 0.764 bits per heavy atom. The Hall–Kier alpha value is -3.84. The van der Waals surface area contributed by atoms with Crippen molar-refractivity contribution < 1.29 is 14.2 Å². The van der Waals surface area contributed by atoms with Gasteiger partial charge in [0.2, 0.25) is 0 Å². The van der Waals surface area contributed by atoms with Crippen molar-refractivity contribution in [2.24, 2.45) is 0 Å². The summed E-state index contributed by atoms with van der Waals surface area (Å²) in [5.74, 6) is 2.30. The zero-order chi connectivity index (χ0) is 50.3. The van der Waals surface area contributed by atoms with E-state index in [1.165, 1.54) is 173 Å². The molecule has 3 heterocycles. The topological polar surface area (TPSA) is 66.4 Å². The molecule has 3 aromatic heterocycles. The highest BCUT2D eigenvalue weighted by atomic mass is 35.5. The van der Waals surface area contributed by atoms with Gasteiger partial charge in [-0.2, -0.15) is 0 Å². The van der Waals surface area contributed by atoms with E-state index in [0.717, 1.165) is 69.2 Å². The molecule has 0 unspecified atom stereocenters. The van der Waals surface area contributed by atoms with E-state index in [-0.39, 0.29) is 0 Å². The van der Waals surface area contributed by atoms with Crippen molar-refractivity contribution in [1.82, 2.24) is 15.0 Å². The number of benzene rings is 4. The molecule has 0 N–H and O–H groups in total. The van der Waals surface area contributed by atoms with Crippen LogP contribution in [0, 0.1) is 0 Å². The van der Waals surface area contributed by atoms with Gasteiger partial charge in [0.1, 0.15) is 17.2 Å². The number of unbranched alkanes of at least 4 members (excludes halogenated alkanes) is 27. The van der Waals surface area contributed by atoms with E-state index >= 15 is 0 Å². The standard InChI is InChI=1S/C63H84Cl3N3O3/c1-4-7-10-13-16-19-22-25-28-31-40-70-46-34-37-52-49(43-46)58(64)55-61(67-52)56-59(65)51-45-48(72-42-33-30-27-24-21-18-15-12-9-6-3)36-39-54(51)69-63(56)57-60(66)50-44-47(35-38-53(50)68-62(55)57)71-41-32-29-26-23-20-17-14-11-8-5-2/h34-39,43-45H,4-33,40-42H2,1-3H3. The highest BCUT2D eigenvalue weighted by Gasteiger charge is 2.24. The maximum absolute atomic E-state index is 7.61. The van der Waals surface area contributed by atoms with E-state index < -0.39 is 0 Å². The second kappa shape index (κ2) is 30.5. The minimum atomic E-state index is 0.524. The van der Waals surface area contributed by atoms with E-state index in [0.29, 0.717) is 67.6 Å². The lowest BCUT2D eigenvalue weighted by atomic mass is 9.99. The number of aromatic nitrogens is 3.